The molecular weight excluding hydrogens is 268 g/mol. The molecule has 0 aromatic carbocycles. The molecule has 0 aliphatic heterocycles. The SMILES string of the molecule is CC=C1CCC2C3CCC4C[C@H](O)CC[C@]4(C)C3CC[C@]12C. The molecule has 4 fully saturated rings. The summed E-state index contributed by atoms with van der Waals surface area (Å²) in [6.07, 6.45) is 14.3. The predicted molar refractivity (Wildman–Crippen MR) is 91.5 cm³/mol. The molecule has 1 nitrogen and oxygen atoms in total. The molecule has 4 aliphatic rings. The van der Waals surface area contributed by atoms with Crippen LogP contribution in [0, 0.1) is 34.5 Å². The Morgan fingerprint density at radius 3 is 2.59 bits per heavy atom. The first-order valence-corrected chi connectivity index (χ1v) is 9.83. The Labute approximate surface area is 136 Å². The lowest BCUT2D eigenvalue weighted by molar-refractivity contribution is -0.116. The fourth-order valence-corrected chi connectivity index (χ4v) is 7.56. The zero-order valence-corrected chi connectivity index (χ0v) is 14.8. The zero-order chi connectivity index (χ0) is 15.5. The lowest BCUT2D eigenvalue weighted by Gasteiger charge is -2.60. The van der Waals surface area contributed by atoms with Gasteiger partial charge in [-0.2, -0.15) is 0 Å². The molecule has 124 valence electrons. The molecule has 0 aromatic heterocycles. The normalized spacial score (nSPS) is 56.4. The maximum atomic E-state index is 10.1. The molecule has 0 radical (unpaired) electrons. The Morgan fingerprint density at radius 1 is 1.00 bits per heavy atom. The van der Waals surface area contributed by atoms with Gasteiger partial charge in [0, 0.05) is 0 Å². The van der Waals surface area contributed by atoms with Crippen LogP contribution in [0.2, 0.25) is 0 Å². The summed E-state index contributed by atoms with van der Waals surface area (Å²) in [6.45, 7) is 7.43. The quantitative estimate of drug-likeness (QED) is 0.599. The summed E-state index contributed by atoms with van der Waals surface area (Å²) >= 11 is 0. The summed E-state index contributed by atoms with van der Waals surface area (Å²) in [4.78, 5) is 0. The number of rotatable bonds is 0. The van der Waals surface area contributed by atoms with Crippen LogP contribution in [0.3, 0.4) is 0 Å². The van der Waals surface area contributed by atoms with Gasteiger partial charge in [-0.15, -0.1) is 0 Å². The first-order valence-electron chi connectivity index (χ1n) is 9.83. The van der Waals surface area contributed by atoms with Gasteiger partial charge >= 0.3 is 0 Å². The lowest BCUT2D eigenvalue weighted by Crippen LogP contribution is -2.53. The number of aliphatic hydroxyl groups is 1. The van der Waals surface area contributed by atoms with Crippen LogP contribution < -0.4 is 0 Å². The van der Waals surface area contributed by atoms with Crippen LogP contribution in [0.25, 0.3) is 0 Å². The Balaban J connectivity index is 1.63. The van der Waals surface area contributed by atoms with Gasteiger partial charge in [-0.3, -0.25) is 0 Å². The zero-order valence-electron chi connectivity index (χ0n) is 14.8. The fourth-order valence-electron chi connectivity index (χ4n) is 7.56. The van der Waals surface area contributed by atoms with Crippen molar-refractivity contribution in [1.82, 2.24) is 0 Å². The van der Waals surface area contributed by atoms with Crippen LogP contribution in [0.15, 0.2) is 11.6 Å². The number of aliphatic hydroxyl groups excluding tert-OH is 1. The second-order valence-corrected chi connectivity index (χ2v) is 9.39. The molecule has 1 heteroatoms. The van der Waals surface area contributed by atoms with Crippen molar-refractivity contribution in [2.45, 2.75) is 84.7 Å². The minimum Gasteiger partial charge on any atom is -0.393 e. The summed E-state index contributed by atoms with van der Waals surface area (Å²) in [5.41, 5.74) is 2.82. The van der Waals surface area contributed by atoms with Gasteiger partial charge in [-0.1, -0.05) is 25.5 Å². The molecule has 4 unspecified atom stereocenters. The van der Waals surface area contributed by atoms with E-state index in [4.69, 9.17) is 0 Å². The van der Waals surface area contributed by atoms with E-state index in [2.05, 4.69) is 26.8 Å². The smallest absolute Gasteiger partial charge is 0.0543 e. The van der Waals surface area contributed by atoms with Crippen molar-refractivity contribution in [2.75, 3.05) is 0 Å². The summed E-state index contributed by atoms with van der Waals surface area (Å²) in [5, 5.41) is 10.1. The highest BCUT2D eigenvalue weighted by atomic mass is 16.3. The average molecular weight is 303 g/mol. The Kier molecular flexibility index (Phi) is 3.53. The topological polar surface area (TPSA) is 20.2 Å². The van der Waals surface area contributed by atoms with Crippen molar-refractivity contribution >= 4 is 0 Å². The molecule has 4 saturated carbocycles. The maximum absolute atomic E-state index is 10.1. The first-order chi connectivity index (χ1) is 10.5. The van der Waals surface area contributed by atoms with Crippen LogP contribution in [0.1, 0.15) is 78.6 Å². The van der Waals surface area contributed by atoms with Crippen molar-refractivity contribution < 1.29 is 5.11 Å². The van der Waals surface area contributed by atoms with Gasteiger partial charge in [0.25, 0.3) is 0 Å². The second-order valence-electron chi connectivity index (χ2n) is 9.39. The summed E-state index contributed by atoms with van der Waals surface area (Å²) < 4.78 is 0. The van der Waals surface area contributed by atoms with Crippen molar-refractivity contribution in [3.05, 3.63) is 11.6 Å². The number of hydrogen-bond acceptors (Lipinski definition) is 1. The molecule has 0 bridgehead atoms. The van der Waals surface area contributed by atoms with Crippen LogP contribution in [0.5, 0.6) is 0 Å². The minimum atomic E-state index is -0.00964. The fraction of sp³-hybridized carbons (Fsp3) is 0.905. The molecule has 22 heavy (non-hydrogen) atoms. The van der Waals surface area contributed by atoms with E-state index in [-0.39, 0.29) is 6.10 Å². The lowest BCUT2D eigenvalue weighted by atomic mass is 9.45. The third kappa shape index (κ3) is 1.93. The number of hydrogen-bond donors (Lipinski definition) is 1. The van der Waals surface area contributed by atoms with Gasteiger partial charge in [0.2, 0.25) is 0 Å². The summed E-state index contributed by atoms with van der Waals surface area (Å²) in [5.74, 6) is 3.65. The standard InChI is InChI=1S/C21H34O/c1-4-14-6-8-18-17-7-5-15-13-16(22)9-11-21(15,3)19(17)10-12-20(14,18)2/h4,15-19,22H,5-13H2,1-3H3/t15?,16-,17?,18?,19?,20-,21+/m1/s1. The molecule has 4 aliphatic carbocycles. The Morgan fingerprint density at radius 2 is 1.82 bits per heavy atom. The molecule has 0 amide bonds. The van der Waals surface area contributed by atoms with Gasteiger partial charge in [0.15, 0.2) is 0 Å². The van der Waals surface area contributed by atoms with E-state index in [1.165, 1.54) is 44.9 Å². The first kappa shape index (κ1) is 15.2. The monoisotopic (exact) mass is 302 g/mol. The Hall–Kier alpha value is -0.300. The largest absolute Gasteiger partial charge is 0.393 e. The van der Waals surface area contributed by atoms with E-state index in [0.717, 1.165) is 36.5 Å². The van der Waals surface area contributed by atoms with Crippen molar-refractivity contribution in [3.8, 4) is 0 Å². The average Bonchev–Trinajstić information content (AvgIpc) is 2.84. The highest BCUT2D eigenvalue weighted by molar-refractivity contribution is 5.23. The molecule has 1 N–H and O–H groups in total. The second kappa shape index (κ2) is 5.10. The Bertz CT molecular complexity index is 480. The van der Waals surface area contributed by atoms with E-state index < -0.39 is 0 Å². The molecule has 0 spiro atoms. The van der Waals surface area contributed by atoms with Crippen molar-refractivity contribution in [3.63, 3.8) is 0 Å². The van der Waals surface area contributed by atoms with Gasteiger partial charge < -0.3 is 5.11 Å². The van der Waals surface area contributed by atoms with Crippen molar-refractivity contribution in [1.29, 1.82) is 0 Å². The number of fused-ring (bicyclic) bond motifs is 5. The van der Waals surface area contributed by atoms with Crippen LogP contribution in [-0.4, -0.2) is 11.2 Å². The molecule has 0 aromatic rings. The van der Waals surface area contributed by atoms with Crippen LogP contribution >= 0.6 is 0 Å². The van der Waals surface area contributed by atoms with E-state index in [1.807, 2.05) is 0 Å². The highest BCUT2D eigenvalue weighted by Crippen LogP contribution is 2.67. The van der Waals surface area contributed by atoms with Gasteiger partial charge in [0.1, 0.15) is 0 Å². The van der Waals surface area contributed by atoms with Gasteiger partial charge in [0.05, 0.1) is 6.10 Å². The van der Waals surface area contributed by atoms with E-state index in [0.29, 0.717) is 10.8 Å². The molecule has 7 atom stereocenters. The van der Waals surface area contributed by atoms with Crippen molar-refractivity contribution in [2.24, 2.45) is 34.5 Å². The van der Waals surface area contributed by atoms with Gasteiger partial charge in [-0.05, 0) is 99.2 Å². The van der Waals surface area contributed by atoms with Gasteiger partial charge in [-0.25, -0.2) is 0 Å². The van der Waals surface area contributed by atoms with E-state index in [1.54, 1.807) is 5.57 Å². The minimum absolute atomic E-state index is 0.00964. The highest BCUT2D eigenvalue weighted by Gasteiger charge is 2.58. The third-order valence-corrected chi connectivity index (χ3v) is 8.83. The predicted octanol–water partition coefficient (Wildman–Crippen LogP) is 5.34. The van der Waals surface area contributed by atoms with E-state index in [9.17, 15) is 5.11 Å². The molecule has 0 saturated heterocycles. The molecule has 4 rings (SSSR count). The third-order valence-electron chi connectivity index (χ3n) is 8.83. The maximum Gasteiger partial charge on any atom is 0.0543 e. The summed E-state index contributed by atoms with van der Waals surface area (Å²) in [7, 11) is 0. The molecule has 0 heterocycles. The van der Waals surface area contributed by atoms with E-state index >= 15 is 0 Å². The summed E-state index contributed by atoms with van der Waals surface area (Å²) in [6, 6.07) is 0. The molecular formula is C21H34O. The van der Waals surface area contributed by atoms with Crippen LogP contribution in [0.4, 0.5) is 0 Å². The number of allylic oxidation sites excluding steroid dienone is 2. The van der Waals surface area contributed by atoms with Crippen LogP contribution in [-0.2, 0) is 0 Å².